The molecule has 23 heavy (non-hydrogen) atoms. The SMILES string of the molecule is CCCOc1cc([C@@]23CCC(=O)C[C@@H]2N(C)CC3)ccc1OC. The van der Waals surface area contributed by atoms with Gasteiger partial charge in [-0.3, -0.25) is 4.79 Å². The summed E-state index contributed by atoms with van der Waals surface area (Å²) in [5.74, 6) is 2.01. The summed E-state index contributed by atoms with van der Waals surface area (Å²) in [7, 11) is 3.82. The van der Waals surface area contributed by atoms with Gasteiger partial charge in [-0.1, -0.05) is 13.0 Å². The molecule has 4 nitrogen and oxygen atoms in total. The highest BCUT2D eigenvalue weighted by Crippen LogP contribution is 2.49. The smallest absolute Gasteiger partial charge is 0.161 e. The number of ketones is 1. The molecule has 1 aromatic carbocycles. The van der Waals surface area contributed by atoms with Gasteiger partial charge in [0.15, 0.2) is 11.5 Å². The highest BCUT2D eigenvalue weighted by Gasteiger charge is 2.50. The molecule has 0 spiro atoms. The minimum atomic E-state index is 0.0826. The highest BCUT2D eigenvalue weighted by molar-refractivity contribution is 5.81. The van der Waals surface area contributed by atoms with Crippen molar-refractivity contribution >= 4 is 5.78 Å². The average Bonchev–Trinajstić information content (AvgIpc) is 2.90. The van der Waals surface area contributed by atoms with Crippen LogP contribution in [0.3, 0.4) is 0 Å². The van der Waals surface area contributed by atoms with Crippen molar-refractivity contribution in [2.45, 2.75) is 50.5 Å². The predicted octanol–water partition coefficient (Wildman–Crippen LogP) is 3.18. The van der Waals surface area contributed by atoms with E-state index in [1.54, 1.807) is 7.11 Å². The summed E-state index contributed by atoms with van der Waals surface area (Å²) in [6, 6.07) is 6.65. The van der Waals surface area contributed by atoms with Gasteiger partial charge in [0.1, 0.15) is 5.78 Å². The van der Waals surface area contributed by atoms with E-state index in [9.17, 15) is 4.79 Å². The van der Waals surface area contributed by atoms with Crippen LogP contribution in [0.25, 0.3) is 0 Å². The number of carbonyl (C=O) groups is 1. The number of fused-ring (bicyclic) bond motifs is 1. The minimum absolute atomic E-state index is 0.0826. The molecule has 0 unspecified atom stereocenters. The number of likely N-dealkylation sites (tertiary alicyclic amines) is 1. The van der Waals surface area contributed by atoms with Crippen molar-refractivity contribution in [3.8, 4) is 11.5 Å². The van der Waals surface area contributed by atoms with Crippen LogP contribution in [0.2, 0.25) is 0 Å². The van der Waals surface area contributed by atoms with Crippen molar-refractivity contribution < 1.29 is 14.3 Å². The van der Waals surface area contributed by atoms with Crippen molar-refractivity contribution in [3.05, 3.63) is 23.8 Å². The number of hydrogen-bond acceptors (Lipinski definition) is 4. The second kappa shape index (κ2) is 6.52. The third-order valence-corrected chi connectivity index (χ3v) is 5.55. The van der Waals surface area contributed by atoms with E-state index in [0.717, 1.165) is 37.3 Å². The van der Waals surface area contributed by atoms with Crippen molar-refractivity contribution in [2.75, 3.05) is 27.3 Å². The minimum Gasteiger partial charge on any atom is -0.493 e. The van der Waals surface area contributed by atoms with Crippen LogP contribution in [0.5, 0.6) is 11.5 Å². The maximum absolute atomic E-state index is 12.0. The summed E-state index contributed by atoms with van der Waals surface area (Å²) in [6.07, 6.45) is 4.40. The molecule has 0 amide bonds. The molecule has 1 saturated heterocycles. The van der Waals surface area contributed by atoms with E-state index in [-0.39, 0.29) is 5.41 Å². The van der Waals surface area contributed by atoms with Gasteiger partial charge in [0, 0.05) is 24.3 Å². The molecule has 1 heterocycles. The van der Waals surface area contributed by atoms with Crippen molar-refractivity contribution in [1.29, 1.82) is 0 Å². The lowest BCUT2D eigenvalue weighted by molar-refractivity contribution is -0.122. The first-order chi connectivity index (χ1) is 11.1. The lowest BCUT2D eigenvalue weighted by atomic mass is 9.66. The average molecular weight is 317 g/mol. The zero-order chi connectivity index (χ0) is 16.4. The Balaban J connectivity index is 1.97. The van der Waals surface area contributed by atoms with Gasteiger partial charge in [0.05, 0.1) is 13.7 Å². The van der Waals surface area contributed by atoms with E-state index in [1.807, 2.05) is 6.07 Å². The van der Waals surface area contributed by atoms with Crippen LogP contribution >= 0.6 is 0 Å². The fourth-order valence-electron chi connectivity index (χ4n) is 4.24. The third kappa shape index (κ3) is 2.85. The van der Waals surface area contributed by atoms with Crippen LogP contribution in [-0.4, -0.2) is 44.0 Å². The normalized spacial score (nSPS) is 27.8. The van der Waals surface area contributed by atoms with Crippen LogP contribution in [0.4, 0.5) is 0 Å². The van der Waals surface area contributed by atoms with Crippen molar-refractivity contribution in [3.63, 3.8) is 0 Å². The Morgan fingerprint density at radius 2 is 2.13 bits per heavy atom. The first-order valence-electron chi connectivity index (χ1n) is 8.64. The van der Waals surface area contributed by atoms with E-state index in [1.165, 1.54) is 5.56 Å². The first-order valence-corrected chi connectivity index (χ1v) is 8.64. The first kappa shape index (κ1) is 16.3. The molecule has 4 heteroatoms. The van der Waals surface area contributed by atoms with Gasteiger partial charge in [-0.2, -0.15) is 0 Å². The Kier molecular flexibility index (Phi) is 4.62. The van der Waals surface area contributed by atoms with E-state index in [0.29, 0.717) is 31.3 Å². The Bertz CT molecular complexity index is 586. The van der Waals surface area contributed by atoms with Gasteiger partial charge in [-0.15, -0.1) is 0 Å². The van der Waals surface area contributed by atoms with Crippen molar-refractivity contribution in [1.82, 2.24) is 4.90 Å². The maximum Gasteiger partial charge on any atom is 0.161 e. The quantitative estimate of drug-likeness (QED) is 0.836. The van der Waals surface area contributed by atoms with Crippen molar-refractivity contribution in [2.24, 2.45) is 0 Å². The molecular formula is C19H27NO3. The van der Waals surface area contributed by atoms with Gasteiger partial charge in [-0.25, -0.2) is 0 Å². The summed E-state index contributed by atoms with van der Waals surface area (Å²) in [5.41, 5.74) is 1.38. The molecule has 1 aromatic rings. The van der Waals surface area contributed by atoms with E-state index < -0.39 is 0 Å². The van der Waals surface area contributed by atoms with Crippen LogP contribution in [0, 0.1) is 0 Å². The predicted molar refractivity (Wildman–Crippen MR) is 90.4 cm³/mol. The van der Waals surface area contributed by atoms with Gasteiger partial charge in [0.2, 0.25) is 0 Å². The van der Waals surface area contributed by atoms with Gasteiger partial charge in [-0.05, 0) is 50.6 Å². The van der Waals surface area contributed by atoms with E-state index in [4.69, 9.17) is 9.47 Å². The summed E-state index contributed by atoms with van der Waals surface area (Å²) in [5, 5.41) is 0. The molecular weight excluding hydrogens is 290 g/mol. The summed E-state index contributed by atoms with van der Waals surface area (Å²) >= 11 is 0. The van der Waals surface area contributed by atoms with Gasteiger partial charge < -0.3 is 14.4 Å². The third-order valence-electron chi connectivity index (χ3n) is 5.55. The van der Waals surface area contributed by atoms with Gasteiger partial charge >= 0.3 is 0 Å². The molecule has 0 bridgehead atoms. The summed E-state index contributed by atoms with van der Waals surface area (Å²) in [4.78, 5) is 14.3. The van der Waals surface area contributed by atoms with E-state index >= 15 is 0 Å². The number of likely N-dealkylation sites (N-methyl/N-ethyl adjacent to an activating group) is 1. The number of benzene rings is 1. The molecule has 1 aliphatic carbocycles. The molecule has 126 valence electrons. The van der Waals surface area contributed by atoms with Crippen LogP contribution in [0.1, 0.15) is 44.6 Å². The lowest BCUT2D eigenvalue weighted by Crippen LogP contribution is -2.46. The number of methoxy groups -OCH3 is 1. The second-order valence-corrected chi connectivity index (χ2v) is 6.86. The molecule has 2 atom stereocenters. The molecule has 2 aliphatic rings. The second-order valence-electron chi connectivity index (χ2n) is 6.86. The Labute approximate surface area is 138 Å². The standard InChI is InChI=1S/C19H27NO3/c1-4-11-23-17-12-14(5-6-16(17)22-3)19-8-7-15(21)13-18(19)20(2)10-9-19/h5-6,12,18H,4,7-11,13H2,1-3H3/t18-,19-/m0/s1. The lowest BCUT2D eigenvalue weighted by Gasteiger charge is -2.41. The van der Waals surface area contributed by atoms with E-state index in [2.05, 4.69) is 31.0 Å². The number of nitrogens with zero attached hydrogens (tertiary/aromatic N) is 1. The molecule has 3 rings (SSSR count). The molecule has 2 fully saturated rings. The molecule has 1 saturated carbocycles. The fourth-order valence-corrected chi connectivity index (χ4v) is 4.24. The maximum atomic E-state index is 12.0. The number of rotatable bonds is 5. The largest absolute Gasteiger partial charge is 0.493 e. The Morgan fingerprint density at radius 1 is 1.30 bits per heavy atom. The molecule has 0 radical (unpaired) electrons. The zero-order valence-electron chi connectivity index (χ0n) is 14.4. The Hall–Kier alpha value is -1.55. The summed E-state index contributed by atoms with van der Waals surface area (Å²) in [6.45, 7) is 3.84. The topological polar surface area (TPSA) is 38.8 Å². The molecule has 0 aromatic heterocycles. The fraction of sp³-hybridized carbons (Fsp3) is 0.632. The van der Waals surface area contributed by atoms with Gasteiger partial charge in [0.25, 0.3) is 0 Å². The number of carbonyl (C=O) groups excluding carboxylic acids is 1. The Morgan fingerprint density at radius 3 is 2.87 bits per heavy atom. The zero-order valence-corrected chi connectivity index (χ0v) is 14.4. The summed E-state index contributed by atoms with van der Waals surface area (Å²) < 4.78 is 11.3. The number of hydrogen-bond donors (Lipinski definition) is 0. The monoisotopic (exact) mass is 317 g/mol. The number of Topliss-reactive ketones (excluding diaryl/α,β-unsaturated/α-hetero) is 1. The highest BCUT2D eigenvalue weighted by atomic mass is 16.5. The number of ether oxygens (including phenoxy) is 2. The molecule has 0 N–H and O–H groups in total. The van der Waals surface area contributed by atoms with Crippen LogP contribution < -0.4 is 9.47 Å². The molecule has 1 aliphatic heterocycles. The van der Waals surface area contributed by atoms with Crippen LogP contribution in [0.15, 0.2) is 18.2 Å². The van der Waals surface area contributed by atoms with Crippen LogP contribution in [-0.2, 0) is 10.2 Å².